The first-order chi connectivity index (χ1) is 11.5. The maximum absolute atomic E-state index is 13.3. The van der Waals surface area contributed by atoms with Crippen LogP contribution in [-0.4, -0.2) is 27.8 Å². The number of aliphatic hydroxyl groups excluding tert-OH is 1. The minimum Gasteiger partial charge on any atom is -0.394 e. The van der Waals surface area contributed by atoms with Gasteiger partial charge in [-0.2, -0.15) is 5.10 Å². The number of halogens is 3. The van der Waals surface area contributed by atoms with Gasteiger partial charge < -0.3 is 10.4 Å². The number of nitrogens with zero attached hydrogens (tertiary/aromatic N) is 1. The van der Waals surface area contributed by atoms with Crippen molar-refractivity contribution < 1.29 is 23.1 Å². The van der Waals surface area contributed by atoms with Gasteiger partial charge in [0.2, 0.25) is 0 Å². The summed E-state index contributed by atoms with van der Waals surface area (Å²) < 4.78 is 39.7. The van der Waals surface area contributed by atoms with Crippen molar-refractivity contribution in [1.82, 2.24) is 15.5 Å². The second-order valence-electron chi connectivity index (χ2n) is 5.15. The Balaban J connectivity index is 1.90. The second kappa shape index (κ2) is 6.32. The van der Waals surface area contributed by atoms with Crippen LogP contribution in [0.2, 0.25) is 0 Å². The molecule has 0 fully saturated rings. The molecule has 0 spiro atoms. The van der Waals surface area contributed by atoms with Gasteiger partial charge in [0.1, 0.15) is 0 Å². The van der Waals surface area contributed by atoms with Gasteiger partial charge in [0.15, 0.2) is 17.5 Å². The van der Waals surface area contributed by atoms with Crippen LogP contribution in [0.3, 0.4) is 0 Å². The minimum atomic E-state index is -1.61. The molecule has 3 aromatic rings. The molecule has 0 aliphatic rings. The predicted octanol–water partition coefficient (Wildman–Crippen LogP) is 2.44. The van der Waals surface area contributed by atoms with E-state index in [2.05, 4.69) is 15.5 Å². The van der Waals surface area contributed by atoms with Crippen molar-refractivity contribution in [3.05, 3.63) is 65.1 Å². The van der Waals surface area contributed by atoms with E-state index in [9.17, 15) is 23.1 Å². The highest BCUT2D eigenvalue weighted by Crippen LogP contribution is 2.21. The molecular formula is C16H12F3N3O2. The molecule has 1 heterocycles. The highest BCUT2D eigenvalue weighted by atomic mass is 19.2. The number of aromatic amines is 1. The van der Waals surface area contributed by atoms with E-state index in [0.29, 0.717) is 10.9 Å². The summed E-state index contributed by atoms with van der Waals surface area (Å²) in [5, 5.41) is 19.1. The van der Waals surface area contributed by atoms with Crippen molar-refractivity contribution in [1.29, 1.82) is 0 Å². The lowest BCUT2D eigenvalue weighted by atomic mass is 10.1. The smallest absolute Gasteiger partial charge is 0.254 e. The topological polar surface area (TPSA) is 78.0 Å². The van der Waals surface area contributed by atoms with Crippen molar-refractivity contribution in [2.24, 2.45) is 0 Å². The number of fused-ring (bicyclic) bond motifs is 1. The third-order valence-electron chi connectivity index (χ3n) is 3.62. The number of hydrogen-bond acceptors (Lipinski definition) is 3. The van der Waals surface area contributed by atoms with Gasteiger partial charge in [-0.3, -0.25) is 9.89 Å². The van der Waals surface area contributed by atoms with E-state index in [0.717, 1.165) is 12.1 Å². The van der Waals surface area contributed by atoms with E-state index in [1.807, 2.05) is 0 Å². The number of nitrogens with one attached hydrogen (secondary N) is 2. The molecule has 124 valence electrons. The maximum Gasteiger partial charge on any atom is 0.254 e. The minimum absolute atomic E-state index is 0.0842. The average Bonchev–Trinajstić information content (AvgIpc) is 3.05. The fourth-order valence-corrected chi connectivity index (χ4v) is 2.40. The molecule has 24 heavy (non-hydrogen) atoms. The fraction of sp³-hybridized carbons (Fsp3) is 0.125. The predicted molar refractivity (Wildman–Crippen MR) is 79.7 cm³/mol. The van der Waals surface area contributed by atoms with Crippen molar-refractivity contribution in [3.8, 4) is 0 Å². The van der Waals surface area contributed by atoms with Gasteiger partial charge in [0, 0.05) is 5.39 Å². The molecule has 3 N–H and O–H groups in total. The van der Waals surface area contributed by atoms with E-state index in [1.54, 1.807) is 18.3 Å². The molecule has 1 amide bonds. The molecular weight excluding hydrogens is 323 g/mol. The normalized spacial score (nSPS) is 12.3. The molecule has 2 aromatic carbocycles. The first-order valence-corrected chi connectivity index (χ1v) is 6.99. The van der Waals surface area contributed by atoms with Crippen LogP contribution in [0.1, 0.15) is 22.0 Å². The first kappa shape index (κ1) is 16.0. The van der Waals surface area contributed by atoms with Crippen molar-refractivity contribution >= 4 is 16.8 Å². The zero-order valence-electron chi connectivity index (χ0n) is 12.2. The van der Waals surface area contributed by atoms with Gasteiger partial charge in [-0.1, -0.05) is 12.1 Å². The van der Waals surface area contributed by atoms with Crippen LogP contribution >= 0.6 is 0 Å². The Bertz CT molecular complexity index is 887. The van der Waals surface area contributed by atoms with Crippen LogP contribution in [0.25, 0.3) is 10.9 Å². The Morgan fingerprint density at radius 2 is 1.96 bits per heavy atom. The fourth-order valence-electron chi connectivity index (χ4n) is 2.40. The van der Waals surface area contributed by atoms with E-state index < -0.39 is 36.0 Å². The lowest BCUT2D eigenvalue weighted by Gasteiger charge is -2.17. The second-order valence-corrected chi connectivity index (χ2v) is 5.15. The van der Waals surface area contributed by atoms with Crippen molar-refractivity contribution in [2.75, 3.05) is 6.61 Å². The van der Waals surface area contributed by atoms with E-state index in [4.69, 9.17) is 0 Å². The standard InChI is InChI=1S/C16H12F3N3O2/c17-11-4-9(5-12(18)14(11)19)13(7-23)21-16(24)10-3-1-2-8-6-20-22-15(8)10/h1-6,13,23H,7H2,(H,20,22)(H,21,24). The Morgan fingerprint density at radius 3 is 2.62 bits per heavy atom. The van der Waals surface area contributed by atoms with Crippen molar-refractivity contribution in [3.63, 3.8) is 0 Å². The van der Waals surface area contributed by atoms with Crippen molar-refractivity contribution in [2.45, 2.75) is 6.04 Å². The Kier molecular flexibility index (Phi) is 4.22. The molecule has 0 bridgehead atoms. The molecule has 5 nitrogen and oxygen atoms in total. The number of amides is 1. The summed E-state index contributed by atoms with van der Waals surface area (Å²) in [6.07, 6.45) is 1.54. The SMILES string of the molecule is O=C(NC(CO)c1cc(F)c(F)c(F)c1)c1cccc2cn[nH]c12. The Labute approximate surface area is 134 Å². The molecule has 1 atom stereocenters. The summed E-state index contributed by atoms with van der Waals surface area (Å²) in [7, 11) is 0. The Hall–Kier alpha value is -2.87. The number of carbonyl (C=O) groups excluding carboxylic acids is 1. The largest absolute Gasteiger partial charge is 0.394 e. The quantitative estimate of drug-likeness (QED) is 0.641. The van der Waals surface area contributed by atoms with Gasteiger partial charge in [-0.15, -0.1) is 0 Å². The highest BCUT2D eigenvalue weighted by molar-refractivity contribution is 6.05. The third kappa shape index (κ3) is 2.83. The molecule has 8 heteroatoms. The summed E-state index contributed by atoms with van der Waals surface area (Å²) in [5.74, 6) is -4.97. The number of benzene rings is 2. The van der Waals surface area contributed by atoms with Crippen LogP contribution in [0.15, 0.2) is 36.5 Å². The van der Waals surface area contributed by atoms with Crippen LogP contribution in [-0.2, 0) is 0 Å². The van der Waals surface area contributed by atoms with Gasteiger partial charge in [-0.05, 0) is 23.8 Å². The third-order valence-corrected chi connectivity index (χ3v) is 3.62. The van der Waals surface area contributed by atoms with Crippen LogP contribution in [0, 0.1) is 17.5 Å². The maximum atomic E-state index is 13.3. The number of aliphatic hydroxyl groups is 1. The zero-order valence-corrected chi connectivity index (χ0v) is 12.2. The summed E-state index contributed by atoms with van der Waals surface area (Å²) in [6, 6.07) is 5.31. The summed E-state index contributed by atoms with van der Waals surface area (Å²) in [5.41, 5.74) is 0.661. The number of carbonyl (C=O) groups is 1. The monoisotopic (exact) mass is 335 g/mol. The molecule has 3 rings (SSSR count). The molecule has 0 aliphatic carbocycles. The highest BCUT2D eigenvalue weighted by Gasteiger charge is 2.20. The number of H-pyrrole nitrogens is 1. The van der Waals surface area contributed by atoms with Gasteiger partial charge in [0.05, 0.1) is 29.9 Å². The van der Waals surface area contributed by atoms with Crippen LogP contribution in [0.4, 0.5) is 13.2 Å². The molecule has 1 unspecified atom stereocenters. The molecule has 0 aliphatic heterocycles. The number of hydrogen-bond donors (Lipinski definition) is 3. The van der Waals surface area contributed by atoms with E-state index in [1.165, 1.54) is 6.07 Å². The summed E-state index contributed by atoms with van der Waals surface area (Å²) in [4.78, 5) is 12.4. The van der Waals surface area contributed by atoms with E-state index >= 15 is 0 Å². The van der Waals surface area contributed by atoms with Crippen LogP contribution in [0.5, 0.6) is 0 Å². The zero-order chi connectivity index (χ0) is 17.3. The molecule has 0 radical (unpaired) electrons. The van der Waals surface area contributed by atoms with Gasteiger partial charge in [0.25, 0.3) is 5.91 Å². The van der Waals surface area contributed by atoms with Gasteiger partial charge in [-0.25, -0.2) is 13.2 Å². The summed E-state index contributed by atoms with van der Waals surface area (Å²) in [6.45, 7) is -0.616. The molecule has 0 saturated carbocycles. The van der Waals surface area contributed by atoms with E-state index in [-0.39, 0.29) is 11.1 Å². The lowest BCUT2D eigenvalue weighted by molar-refractivity contribution is 0.0917. The Morgan fingerprint density at radius 1 is 1.25 bits per heavy atom. The number of aromatic nitrogens is 2. The number of para-hydroxylation sites is 1. The molecule has 1 aromatic heterocycles. The van der Waals surface area contributed by atoms with Gasteiger partial charge >= 0.3 is 0 Å². The van der Waals surface area contributed by atoms with Crippen LogP contribution < -0.4 is 5.32 Å². The molecule has 0 saturated heterocycles. The average molecular weight is 335 g/mol. The first-order valence-electron chi connectivity index (χ1n) is 6.99. The lowest BCUT2D eigenvalue weighted by Crippen LogP contribution is -2.31. The number of rotatable bonds is 4. The summed E-state index contributed by atoms with van der Waals surface area (Å²) >= 11 is 0.